The highest BCUT2D eigenvalue weighted by atomic mass is 79.9. The van der Waals surface area contributed by atoms with E-state index < -0.39 is 0 Å². The lowest BCUT2D eigenvalue weighted by Gasteiger charge is -2.09. The van der Waals surface area contributed by atoms with Crippen molar-refractivity contribution < 1.29 is 9.18 Å². The van der Waals surface area contributed by atoms with Crippen molar-refractivity contribution in [2.45, 2.75) is 24.0 Å². The minimum atomic E-state index is -0.380. The molecule has 0 saturated heterocycles. The van der Waals surface area contributed by atoms with Crippen molar-refractivity contribution in [1.29, 1.82) is 0 Å². The molecule has 0 radical (unpaired) electrons. The SMILES string of the molecule is C=CCn1c(CNC(=O)c2ccc(F)cc2)nnc1SCc1ccc(Br)cc1. The maximum atomic E-state index is 13.0. The average Bonchev–Trinajstić information content (AvgIpc) is 3.08. The predicted molar refractivity (Wildman–Crippen MR) is 111 cm³/mol. The van der Waals surface area contributed by atoms with Gasteiger partial charge >= 0.3 is 0 Å². The van der Waals surface area contributed by atoms with E-state index in [9.17, 15) is 9.18 Å². The number of carbonyl (C=O) groups is 1. The van der Waals surface area contributed by atoms with Gasteiger partial charge in [0.25, 0.3) is 5.91 Å². The Morgan fingerprint density at radius 1 is 1.18 bits per heavy atom. The van der Waals surface area contributed by atoms with Gasteiger partial charge in [-0.15, -0.1) is 16.8 Å². The van der Waals surface area contributed by atoms with E-state index in [0.29, 0.717) is 17.9 Å². The van der Waals surface area contributed by atoms with Gasteiger partial charge in [0.05, 0.1) is 6.54 Å². The number of amides is 1. The van der Waals surface area contributed by atoms with E-state index in [-0.39, 0.29) is 18.3 Å². The fraction of sp³-hybridized carbons (Fsp3) is 0.150. The lowest BCUT2D eigenvalue weighted by Crippen LogP contribution is -2.24. The monoisotopic (exact) mass is 460 g/mol. The normalized spacial score (nSPS) is 10.6. The first kappa shape index (κ1) is 20.3. The van der Waals surface area contributed by atoms with Crippen molar-refractivity contribution in [3.8, 4) is 0 Å². The number of carbonyl (C=O) groups excluding carboxylic acids is 1. The highest BCUT2D eigenvalue weighted by molar-refractivity contribution is 9.10. The molecule has 1 N–H and O–H groups in total. The molecule has 0 fully saturated rings. The second kappa shape index (κ2) is 9.66. The number of halogens is 2. The van der Waals surface area contributed by atoms with Crippen LogP contribution in [0.15, 0.2) is 70.8 Å². The predicted octanol–water partition coefficient (Wildman–Crippen LogP) is 4.59. The molecule has 3 rings (SSSR count). The molecule has 0 saturated carbocycles. The summed E-state index contributed by atoms with van der Waals surface area (Å²) in [5.41, 5.74) is 1.56. The molecule has 1 heterocycles. The van der Waals surface area contributed by atoms with Crippen LogP contribution in [0.4, 0.5) is 4.39 Å². The Hall–Kier alpha value is -2.45. The van der Waals surface area contributed by atoms with E-state index in [1.54, 1.807) is 17.8 Å². The Labute approximate surface area is 175 Å². The molecule has 1 aromatic heterocycles. The van der Waals surface area contributed by atoms with Gasteiger partial charge in [0.2, 0.25) is 0 Å². The van der Waals surface area contributed by atoms with Crippen LogP contribution in [-0.4, -0.2) is 20.7 Å². The van der Waals surface area contributed by atoms with Crippen molar-refractivity contribution in [2.24, 2.45) is 0 Å². The van der Waals surface area contributed by atoms with Crippen LogP contribution in [-0.2, 0) is 18.8 Å². The molecule has 2 aromatic carbocycles. The summed E-state index contributed by atoms with van der Waals surface area (Å²) < 4.78 is 15.9. The highest BCUT2D eigenvalue weighted by Crippen LogP contribution is 2.23. The molecule has 28 heavy (non-hydrogen) atoms. The quantitative estimate of drug-likeness (QED) is 0.394. The van der Waals surface area contributed by atoms with Crippen molar-refractivity contribution >= 4 is 33.6 Å². The molecule has 8 heteroatoms. The third-order valence-electron chi connectivity index (χ3n) is 3.90. The smallest absolute Gasteiger partial charge is 0.251 e. The molecule has 0 aliphatic rings. The van der Waals surface area contributed by atoms with Crippen LogP contribution in [0.5, 0.6) is 0 Å². The Morgan fingerprint density at radius 2 is 1.89 bits per heavy atom. The Kier molecular flexibility index (Phi) is 7.00. The number of nitrogens with one attached hydrogen (secondary N) is 1. The first-order chi connectivity index (χ1) is 13.6. The van der Waals surface area contributed by atoms with E-state index in [0.717, 1.165) is 15.4 Å². The molecule has 0 unspecified atom stereocenters. The van der Waals surface area contributed by atoms with Gasteiger partial charge in [-0.25, -0.2) is 4.39 Å². The Bertz CT molecular complexity index is 957. The lowest BCUT2D eigenvalue weighted by molar-refractivity contribution is 0.0949. The molecule has 0 spiro atoms. The van der Waals surface area contributed by atoms with Crippen LogP contribution in [0, 0.1) is 5.82 Å². The third-order valence-corrected chi connectivity index (χ3v) is 5.47. The van der Waals surface area contributed by atoms with Crippen molar-refractivity contribution in [3.63, 3.8) is 0 Å². The van der Waals surface area contributed by atoms with Crippen LogP contribution in [0.1, 0.15) is 21.7 Å². The van der Waals surface area contributed by atoms with Crippen molar-refractivity contribution in [3.05, 3.63) is 88.4 Å². The third kappa shape index (κ3) is 5.30. The van der Waals surface area contributed by atoms with Crippen molar-refractivity contribution in [2.75, 3.05) is 0 Å². The summed E-state index contributed by atoms with van der Waals surface area (Å²) in [5, 5.41) is 12.0. The van der Waals surface area contributed by atoms with Gasteiger partial charge in [0.1, 0.15) is 5.82 Å². The summed E-state index contributed by atoms with van der Waals surface area (Å²) in [7, 11) is 0. The number of allylic oxidation sites excluding steroid dienone is 1. The zero-order chi connectivity index (χ0) is 19.9. The summed E-state index contributed by atoms with van der Waals surface area (Å²) in [4.78, 5) is 12.2. The minimum absolute atomic E-state index is 0.218. The first-order valence-electron chi connectivity index (χ1n) is 8.51. The zero-order valence-corrected chi connectivity index (χ0v) is 17.3. The summed E-state index contributed by atoms with van der Waals surface area (Å²) in [6, 6.07) is 13.5. The zero-order valence-electron chi connectivity index (χ0n) is 14.9. The van der Waals surface area contributed by atoms with E-state index in [4.69, 9.17) is 0 Å². The summed E-state index contributed by atoms with van der Waals surface area (Å²) >= 11 is 5.00. The van der Waals surface area contributed by atoms with Crippen LogP contribution >= 0.6 is 27.7 Å². The van der Waals surface area contributed by atoms with Gasteiger partial charge in [0, 0.05) is 22.3 Å². The van der Waals surface area contributed by atoms with Gasteiger partial charge in [0.15, 0.2) is 11.0 Å². The van der Waals surface area contributed by atoms with E-state index >= 15 is 0 Å². The molecule has 5 nitrogen and oxygen atoms in total. The van der Waals surface area contributed by atoms with Crippen LogP contribution in [0.2, 0.25) is 0 Å². The highest BCUT2D eigenvalue weighted by Gasteiger charge is 2.13. The maximum Gasteiger partial charge on any atom is 0.251 e. The van der Waals surface area contributed by atoms with Crippen LogP contribution in [0.3, 0.4) is 0 Å². The lowest BCUT2D eigenvalue weighted by atomic mass is 10.2. The Morgan fingerprint density at radius 3 is 2.57 bits per heavy atom. The number of hydrogen-bond donors (Lipinski definition) is 1. The maximum absolute atomic E-state index is 13.0. The molecule has 0 atom stereocenters. The molecule has 0 aliphatic heterocycles. The minimum Gasteiger partial charge on any atom is -0.345 e. The van der Waals surface area contributed by atoms with Crippen molar-refractivity contribution in [1.82, 2.24) is 20.1 Å². The molecule has 0 aliphatic carbocycles. The van der Waals surface area contributed by atoms with Gasteiger partial charge in [-0.1, -0.05) is 45.9 Å². The number of rotatable bonds is 8. The molecule has 1 amide bonds. The summed E-state index contributed by atoms with van der Waals surface area (Å²) in [6.45, 7) is 4.54. The van der Waals surface area contributed by atoms with Gasteiger partial charge < -0.3 is 9.88 Å². The largest absolute Gasteiger partial charge is 0.345 e. The topological polar surface area (TPSA) is 59.8 Å². The van der Waals surface area contributed by atoms with Gasteiger partial charge in [-0.05, 0) is 42.0 Å². The summed E-state index contributed by atoms with van der Waals surface area (Å²) in [6.07, 6.45) is 1.76. The average molecular weight is 461 g/mol. The molecular weight excluding hydrogens is 443 g/mol. The molecule has 3 aromatic rings. The first-order valence-corrected chi connectivity index (χ1v) is 10.3. The second-order valence-electron chi connectivity index (χ2n) is 5.90. The fourth-order valence-corrected chi connectivity index (χ4v) is 3.65. The molecule has 144 valence electrons. The number of benzene rings is 2. The molecular formula is C20H18BrFN4OS. The number of hydrogen-bond acceptors (Lipinski definition) is 4. The second-order valence-corrected chi connectivity index (χ2v) is 7.76. The van der Waals surface area contributed by atoms with E-state index in [2.05, 4.69) is 50.2 Å². The number of aromatic nitrogens is 3. The number of thioether (sulfide) groups is 1. The molecule has 0 bridgehead atoms. The van der Waals surface area contributed by atoms with Gasteiger partial charge in [-0.3, -0.25) is 4.79 Å². The Balaban J connectivity index is 1.65. The van der Waals surface area contributed by atoms with Crippen LogP contribution in [0.25, 0.3) is 0 Å². The summed E-state index contributed by atoms with van der Waals surface area (Å²) in [5.74, 6) is 0.713. The van der Waals surface area contributed by atoms with E-state index in [1.807, 2.05) is 16.7 Å². The van der Waals surface area contributed by atoms with Gasteiger partial charge in [-0.2, -0.15) is 0 Å². The number of nitrogens with zero attached hydrogens (tertiary/aromatic N) is 3. The fourth-order valence-electron chi connectivity index (χ4n) is 2.46. The van der Waals surface area contributed by atoms with E-state index in [1.165, 1.54) is 29.8 Å². The van der Waals surface area contributed by atoms with Crippen LogP contribution < -0.4 is 5.32 Å². The standard InChI is InChI=1S/C20H18BrFN4OS/c1-2-11-26-18(12-23-19(27)15-5-9-17(22)10-6-15)24-25-20(26)28-13-14-3-7-16(21)8-4-14/h2-10H,1,11-13H2,(H,23,27).